The van der Waals surface area contributed by atoms with E-state index in [-0.39, 0.29) is 29.4 Å². The third-order valence-electron chi connectivity index (χ3n) is 2.96. The molecule has 1 fully saturated rings. The van der Waals surface area contributed by atoms with Gasteiger partial charge >= 0.3 is 0 Å². The highest BCUT2D eigenvalue weighted by atomic mass is 32.2. The molecule has 1 amide bonds. The topological polar surface area (TPSA) is 80.5 Å². The fourth-order valence-electron chi connectivity index (χ4n) is 1.53. The summed E-state index contributed by atoms with van der Waals surface area (Å²) in [6.07, 6.45) is 0.303. The second kappa shape index (κ2) is 5.14. The lowest BCUT2D eigenvalue weighted by Gasteiger charge is -2.28. The van der Waals surface area contributed by atoms with Gasteiger partial charge in [0.15, 0.2) is 9.84 Å². The summed E-state index contributed by atoms with van der Waals surface area (Å²) in [5.74, 6) is 0.388. The van der Waals surface area contributed by atoms with Gasteiger partial charge in [0.1, 0.15) is 0 Å². The van der Waals surface area contributed by atoms with Gasteiger partial charge in [0.2, 0.25) is 5.91 Å². The third-order valence-corrected chi connectivity index (χ3v) is 4.57. The lowest BCUT2D eigenvalue weighted by atomic mass is 10.0. The molecule has 0 bridgehead atoms. The minimum Gasteiger partial charge on any atom is -0.341 e. The lowest BCUT2D eigenvalue weighted by molar-refractivity contribution is -0.131. The SMILES string of the molecule is CC(C)C(N)CC(=O)N1CCS(=O)(=O)CC1. The summed E-state index contributed by atoms with van der Waals surface area (Å²) >= 11 is 0. The quantitative estimate of drug-likeness (QED) is 0.738. The Balaban J connectivity index is 2.45. The summed E-state index contributed by atoms with van der Waals surface area (Å²) < 4.78 is 22.4. The molecule has 0 spiro atoms. The molecule has 5 nitrogen and oxygen atoms in total. The van der Waals surface area contributed by atoms with Crippen molar-refractivity contribution in [2.75, 3.05) is 24.6 Å². The average molecular weight is 248 g/mol. The summed E-state index contributed by atoms with van der Waals surface area (Å²) in [4.78, 5) is 13.4. The van der Waals surface area contributed by atoms with Crippen LogP contribution < -0.4 is 5.73 Å². The van der Waals surface area contributed by atoms with E-state index in [1.165, 1.54) is 0 Å². The molecule has 0 radical (unpaired) electrons. The Morgan fingerprint density at radius 2 is 1.81 bits per heavy atom. The summed E-state index contributed by atoms with van der Waals surface area (Å²) in [5, 5.41) is 0. The zero-order valence-corrected chi connectivity index (χ0v) is 10.7. The number of carbonyl (C=O) groups is 1. The van der Waals surface area contributed by atoms with Crippen LogP contribution in [0.25, 0.3) is 0 Å². The minimum atomic E-state index is -2.92. The molecule has 1 aliphatic rings. The summed E-state index contributed by atoms with van der Waals surface area (Å²) in [6, 6.07) is -0.147. The Kier molecular flexibility index (Phi) is 4.32. The number of hydrogen-bond acceptors (Lipinski definition) is 4. The van der Waals surface area contributed by atoms with Gasteiger partial charge in [-0.05, 0) is 5.92 Å². The number of carbonyl (C=O) groups excluding carboxylic acids is 1. The zero-order valence-electron chi connectivity index (χ0n) is 9.85. The van der Waals surface area contributed by atoms with Crippen molar-refractivity contribution >= 4 is 15.7 Å². The van der Waals surface area contributed by atoms with E-state index in [0.717, 1.165) is 0 Å². The Morgan fingerprint density at radius 3 is 2.25 bits per heavy atom. The van der Waals surface area contributed by atoms with Crippen molar-refractivity contribution in [2.45, 2.75) is 26.3 Å². The van der Waals surface area contributed by atoms with E-state index in [1.807, 2.05) is 13.8 Å². The molecule has 1 unspecified atom stereocenters. The maximum Gasteiger partial charge on any atom is 0.224 e. The molecule has 1 heterocycles. The van der Waals surface area contributed by atoms with Crippen molar-refractivity contribution in [3.8, 4) is 0 Å². The minimum absolute atomic E-state index is 0.0314. The van der Waals surface area contributed by atoms with Gasteiger partial charge in [-0.1, -0.05) is 13.8 Å². The largest absolute Gasteiger partial charge is 0.341 e. The van der Waals surface area contributed by atoms with E-state index in [0.29, 0.717) is 19.5 Å². The highest BCUT2D eigenvalue weighted by Crippen LogP contribution is 2.09. The van der Waals surface area contributed by atoms with Gasteiger partial charge in [0.05, 0.1) is 11.5 Å². The van der Waals surface area contributed by atoms with Gasteiger partial charge in [-0.2, -0.15) is 0 Å². The van der Waals surface area contributed by atoms with Gasteiger partial charge in [0.25, 0.3) is 0 Å². The van der Waals surface area contributed by atoms with Crippen LogP contribution in [0.5, 0.6) is 0 Å². The van der Waals surface area contributed by atoms with Crippen LogP contribution in [0.4, 0.5) is 0 Å². The van der Waals surface area contributed by atoms with Gasteiger partial charge in [-0.3, -0.25) is 4.79 Å². The van der Waals surface area contributed by atoms with Crippen molar-refractivity contribution in [2.24, 2.45) is 11.7 Å². The Morgan fingerprint density at radius 1 is 1.31 bits per heavy atom. The van der Waals surface area contributed by atoms with E-state index >= 15 is 0 Å². The average Bonchev–Trinajstić information content (AvgIpc) is 2.17. The van der Waals surface area contributed by atoms with Crippen molar-refractivity contribution in [3.63, 3.8) is 0 Å². The number of hydrogen-bond donors (Lipinski definition) is 1. The molecule has 1 atom stereocenters. The Labute approximate surface area is 96.9 Å². The van der Waals surface area contributed by atoms with E-state index in [2.05, 4.69) is 0 Å². The maximum atomic E-state index is 11.8. The Bertz CT molecular complexity index is 337. The monoisotopic (exact) mass is 248 g/mol. The van der Waals surface area contributed by atoms with Crippen LogP contribution in [-0.4, -0.2) is 49.9 Å². The van der Waals surface area contributed by atoms with Gasteiger partial charge in [-0.15, -0.1) is 0 Å². The number of rotatable bonds is 3. The fraction of sp³-hybridized carbons (Fsp3) is 0.900. The molecule has 16 heavy (non-hydrogen) atoms. The van der Waals surface area contributed by atoms with Crippen molar-refractivity contribution in [1.29, 1.82) is 0 Å². The van der Waals surface area contributed by atoms with Crippen LogP contribution in [0.1, 0.15) is 20.3 Å². The molecule has 1 saturated heterocycles. The maximum absolute atomic E-state index is 11.8. The molecule has 1 rings (SSSR count). The molecular formula is C10H20N2O3S. The molecule has 0 aliphatic carbocycles. The van der Waals surface area contributed by atoms with Gasteiger partial charge in [0, 0.05) is 25.6 Å². The summed E-state index contributed by atoms with van der Waals surface area (Å²) in [6.45, 7) is 4.56. The van der Waals surface area contributed by atoms with Gasteiger partial charge < -0.3 is 10.6 Å². The van der Waals surface area contributed by atoms with E-state index in [4.69, 9.17) is 5.73 Å². The van der Waals surface area contributed by atoms with Gasteiger partial charge in [-0.25, -0.2) is 8.42 Å². The molecule has 6 heteroatoms. The Hall–Kier alpha value is -0.620. The standard InChI is InChI=1S/C10H20N2O3S/c1-8(2)9(11)7-10(13)12-3-5-16(14,15)6-4-12/h8-9H,3-7,11H2,1-2H3. The first-order valence-electron chi connectivity index (χ1n) is 5.55. The smallest absolute Gasteiger partial charge is 0.224 e. The number of sulfone groups is 1. The van der Waals surface area contributed by atoms with E-state index in [1.54, 1.807) is 4.90 Å². The highest BCUT2D eigenvalue weighted by Gasteiger charge is 2.26. The van der Waals surface area contributed by atoms with Crippen molar-refractivity contribution in [3.05, 3.63) is 0 Å². The molecule has 0 aromatic carbocycles. The second-order valence-electron chi connectivity index (χ2n) is 4.64. The molecule has 1 aliphatic heterocycles. The van der Waals surface area contributed by atoms with Crippen molar-refractivity contribution in [1.82, 2.24) is 4.90 Å². The lowest BCUT2D eigenvalue weighted by Crippen LogP contribution is -2.45. The molecule has 94 valence electrons. The highest BCUT2D eigenvalue weighted by molar-refractivity contribution is 7.91. The first-order chi connectivity index (χ1) is 7.32. The predicted molar refractivity (Wildman–Crippen MR) is 62.7 cm³/mol. The zero-order chi connectivity index (χ0) is 12.3. The number of nitrogens with two attached hydrogens (primary N) is 1. The second-order valence-corrected chi connectivity index (χ2v) is 6.95. The summed E-state index contributed by atoms with van der Waals surface area (Å²) in [5.41, 5.74) is 5.81. The number of nitrogens with zero attached hydrogens (tertiary/aromatic N) is 1. The van der Waals surface area contributed by atoms with Crippen LogP contribution in [-0.2, 0) is 14.6 Å². The van der Waals surface area contributed by atoms with Crippen LogP contribution in [0.2, 0.25) is 0 Å². The van der Waals surface area contributed by atoms with Crippen LogP contribution in [0.15, 0.2) is 0 Å². The first-order valence-corrected chi connectivity index (χ1v) is 7.38. The summed E-state index contributed by atoms with van der Waals surface area (Å²) in [7, 11) is -2.92. The molecule has 0 saturated carbocycles. The fourth-order valence-corrected chi connectivity index (χ4v) is 2.73. The molecule has 2 N–H and O–H groups in total. The van der Waals surface area contributed by atoms with E-state index in [9.17, 15) is 13.2 Å². The van der Waals surface area contributed by atoms with Crippen LogP contribution >= 0.6 is 0 Å². The molecule has 0 aromatic rings. The van der Waals surface area contributed by atoms with Crippen molar-refractivity contribution < 1.29 is 13.2 Å². The molecular weight excluding hydrogens is 228 g/mol. The third kappa shape index (κ3) is 3.75. The van der Waals surface area contributed by atoms with Crippen LogP contribution in [0, 0.1) is 5.92 Å². The predicted octanol–water partition coefficient (Wildman–Crippen LogP) is -0.383. The first kappa shape index (κ1) is 13.4. The normalized spacial score (nSPS) is 22.1. The molecule has 0 aromatic heterocycles. The van der Waals surface area contributed by atoms with E-state index < -0.39 is 9.84 Å². The number of amides is 1. The van der Waals surface area contributed by atoms with Crippen LogP contribution in [0.3, 0.4) is 0 Å².